The first-order valence-electron chi connectivity index (χ1n) is 9.31. The monoisotopic (exact) mass is 374 g/mol. The zero-order valence-corrected chi connectivity index (χ0v) is 16.3. The van der Waals surface area contributed by atoms with Gasteiger partial charge in [0.1, 0.15) is 11.5 Å². The third-order valence-electron chi connectivity index (χ3n) is 5.50. The Labute approximate surface area is 164 Å². The highest BCUT2D eigenvalue weighted by Gasteiger charge is 2.43. The van der Waals surface area contributed by atoms with Gasteiger partial charge in [-0.1, -0.05) is 49.1 Å². The Bertz CT molecular complexity index is 1100. The average Bonchev–Trinajstić information content (AvgIpc) is 3.21. The van der Waals surface area contributed by atoms with Crippen molar-refractivity contribution in [2.75, 3.05) is 0 Å². The molecule has 4 nitrogen and oxygen atoms in total. The minimum Gasteiger partial charge on any atom is -0.422 e. The summed E-state index contributed by atoms with van der Waals surface area (Å²) in [5.41, 5.74) is 3.81. The smallest absolute Gasteiger partial charge is 0.338 e. The summed E-state index contributed by atoms with van der Waals surface area (Å²) in [7, 11) is 0. The molecule has 0 amide bonds. The van der Waals surface area contributed by atoms with E-state index in [1.165, 1.54) is 5.57 Å². The van der Waals surface area contributed by atoms with Gasteiger partial charge in [-0.25, -0.2) is 9.59 Å². The van der Waals surface area contributed by atoms with Crippen molar-refractivity contribution < 1.29 is 19.1 Å². The fourth-order valence-electron chi connectivity index (χ4n) is 4.20. The molecule has 0 spiro atoms. The lowest BCUT2D eigenvalue weighted by atomic mass is 9.87. The van der Waals surface area contributed by atoms with Gasteiger partial charge in [-0.2, -0.15) is 0 Å². The standard InChI is InChI=1S/C24H22O4/c1-12(2)23(25)27-21-16-8-6-7-9-17(16)22(28-24(26)13(3)4)20-18-11-15(19(20)21)10-14(18)5/h6-10,15,18H,1,3,11H2,2,4-5H3. The normalized spacial score (nSPS) is 19.2. The van der Waals surface area contributed by atoms with Gasteiger partial charge in [0.15, 0.2) is 0 Å². The van der Waals surface area contributed by atoms with E-state index in [1.807, 2.05) is 24.3 Å². The van der Waals surface area contributed by atoms with Crippen LogP contribution in [0.15, 0.2) is 60.2 Å². The maximum atomic E-state index is 12.4. The van der Waals surface area contributed by atoms with E-state index in [1.54, 1.807) is 13.8 Å². The number of ether oxygens (including phenoxy) is 2. The van der Waals surface area contributed by atoms with Crippen molar-refractivity contribution in [3.8, 4) is 11.5 Å². The molecule has 2 unspecified atom stereocenters. The van der Waals surface area contributed by atoms with Crippen molar-refractivity contribution in [3.05, 3.63) is 71.3 Å². The van der Waals surface area contributed by atoms with Crippen LogP contribution in [0.3, 0.4) is 0 Å². The fraction of sp³-hybridized carbons (Fsp3) is 0.250. The molecule has 0 N–H and O–H groups in total. The highest BCUT2D eigenvalue weighted by molar-refractivity contribution is 6.02. The van der Waals surface area contributed by atoms with Gasteiger partial charge in [-0.3, -0.25) is 0 Å². The summed E-state index contributed by atoms with van der Waals surface area (Å²) in [5, 5.41) is 1.50. The number of carbonyl (C=O) groups excluding carboxylic acids is 2. The molecular formula is C24H22O4. The molecule has 0 radical (unpaired) electrons. The summed E-state index contributed by atoms with van der Waals surface area (Å²) in [6.07, 6.45) is 3.11. The molecule has 2 aliphatic rings. The number of hydrogen-bond acceptors (Lipinski definition) is 4. The molecule has 2 aromatic rings. The van der Waals surface area contributed by atoms with Crippen molar-refractivity contribution in [1.29, 1.82) is 0 Å². The van der Waals surface area contributed by atoms with E-state index >= 15 is 0 Å². The third-order valence-corrected chi connectivity index (χ3v) is 5.50. The molecule has 0 saturated heterocycles. The van der Waals surface area contributed by atoms with E-state index in [9.17, 15) is 9.59 Å². The van der Waals surface area contributed by atoms with Crippen LogP contribution in [-0.2, 0) is 9.59 Å². The molecule has 0 aromatic heterocycles. The van der Waals surface area contributed by atoms with E-state index in [0.29, 0.717) is 22.6 Å². The van der Waals surface area contributed by atoms with E-state index in [4.69, 9.17) is 9.47 Å². The Balaban J connectivity index is 2.01. The summed E-state index contributed by atoms with van der Waals surface area (Å²) in [4.78, 5) is 24.7. The van der Waals surface area contributed by atoms with Crippen molar-refractivity contribution in [2.24, 2.45) is 0 Å². The zero-order chi connectivity index (χ0) is 20.2. The molecule has 0 saturated carbocycles. The van der Waals surface area contributed by atoms with Gasteiger partial charge in [0.25, 0.3) is 0 Å². The van der Waals surface area contributed by atoms with Crippen LogP contribution in [0.25, 0.3) is 10.8 Å². The summed E-state index contributed by atoms with van der Waals surface area (Å²) < 4.78 is 11.6. The quantitative estimate of drug-likeness (QED) is 0.314. The second kappa shape index (κ2) is 6.48. The van der Waals surface area contributed by atoms with Crippen molar-refractivity contribution in [3.63, 3.8) is 0 Å². The van der Waals surface area contributed by atoms with Crippen LogP contribution >= 0.6 is 0 Å². The van der Waals surface area contributed by atoms with E-state index < -0.39 is 11.9 Å². The largest absolute Gasteiger partial charge is 0.422 e. The number of esters is 2. The van der Waals surface area contributed by atoms with Gasteiger partial charge in [-0.15, -0.1) is 0 Å². The van der Waals surface area contributed by atoms with E-state index in [2.05, 4.69) is 26.2 Å². The van der Waals surface area contributed by atoms with Crippen molar-refractivity contribution >= 4 is 22.7 Å². The second-order valence-corrected chi connectivity index (χ2v) is 7.68. The molecule has 2 aromatic carbocycles. The first kappa shape index (κ1) is 18.2. The summed E-state index contributed by atoms with van der Waals surface area (Å²) in [6.45, 7) is 12.7. The highest BCUT2D eigenvalue weighted by atomic mass is 16.5. The molecule has 2 aliphatic carbocycles. The van der Waals surface area contributed by atoms with E-state index in [0.717, 1.165) is 28.3 Å². The molecule has 4 rings (SSSR count). The van der Waals surface area contributed by atoms with Crippen LogP contribution in [0.4, 0.5) is 0 Å². The Kier molecular flexibility index (Phi) is 4.22. The zero-order valence-electron chi connectivity index (χ0n) is 16.3. The number of hydrogen-bond donors (Lipinski definition) is 0. The second-order valence-electron chi connectivity index (χ2n) is 7.68. The minimum absolute atomic E-state index is 0.139. The van der Waals surface area contributed by atoms with Crippen LogP contribution in [0.5, 0.6) is 11.5 Å². The minimum atomic E-state index is -0.456. The van der Waals surface area contributed by atoms with E-state index in [-0.39, 0.29) is 11.8 Å². The molecule has 142 valence electrons. The van der Waals surface area contributed by atoms with Crippen LogP contribution < -0.4 is 9.47 Å². The molecule has 2 bridgehead atoms. The molecule has 2 atom stereocenters. The first-order chi connectivity index (χ1) is 13.3. The highest BCUT2D eigenvalue weighted by Crippen LogP contribution is 2.60. The van der Waals surface area contributed by atoms with Crippen LogP contribution in [0, 0.1) is 0 Å². The maximum absolute atomic E-state index is 12.4. The summed E-state index contributed by atoms with van der Waals surface area (Å²) in [5.74, 6) is 0.476. The lowest BCUT2D eigenvalue weighted by Gasteiger charge is -2.23. The molecule has 28 heavy (non-hydrogen) atoms. The molecule has 0 aliphatic heterocycles. The summed E-state index contributed by atoms with van der Waals surface area (Å²) in [6, 6.07) is 7.54. The molecular weight excluding hydrogens is 352 g/mol. The number of carbonyl (C=O) groups is 2. The van der Waals surface area contributed by atoms with Crippen LogP contribution in [0.1, 0.15) is 50.2 Å². The van der Waals surface area contributed by atoms with Crippen LogP contribution in [0.2, 0.25) is 0 Å². The lowest BCUT2D eigenvalue weighted by molar-refractivity contribution is -0.131. The number of allylic oxidation sites excluding steroid dienone is 2. The Hall–Kier alpha value is -3.14. The predicted octanol–water partition coefficient (Wildman–Crippen LogP) is 5.33. The summed E-state index contributed by atoms with van der Waals surface area (Å²) >= 11 is 0. The maximum Gasteiger partial charge on any atom is 0.338 e. The average molecular weight is 374 g/mol. The first-order valence-corrected chi connectivity index (χ1v) is 9.31. The van der Waals surface area contributed by atoms with Gasteiger partial charge in [0.05, 0.1) is 0 Å². The molecule has 0 heterocycles. The topological polar surface area (TPSA) is 52.6 Å². The fourth-order valence-corrected chi connectivity index (χ4v) is 4.20. The molecule has 4 heteroatoms. The van der Waals surface area contributed by atoms with Gasteiger partial charge < -0.3 is 9.47 Å². The predicted molar refractivity (Wildman–Crippen MR) is 109 cm³/mol. The van der Waals surface area contributed by atoms with Gasteiger partial charge in [-0.05, 0) is 27.2 Å². The van der Waals surface area contributed by atoms with Crippen LogP contribution in [-0.4, -0.2) is 11.9 Å². The lowest BCUT2D eigenvalue weighted by Crippen LogP contribution is -2.15. The Morgan fingerprint density at radius 2 is 1.43 bits per heavy atom. The van der Waals surface area contributed by atoms with Gasteiger partial charge in [0.2, 0.25) is 0 Å². The number of fused-ring (bicyclic) bond motifs is 6. The van der Waals surface area contributed by atoms with Crippen molar-refractivity contribution in [2.45, 2.75) is 39.0 Å². The Morgan fingerprint density at radius 1 is 0.929 bits per heavy atom. The van der Waals surface area contributed by atoms with Gasteiger partial charge >= 0.3 is 11.9 Å². The Morgan fingerprint density at radius 3 is 1.93 bits per heavy atom. The number of benzene rings is 2. The van der Waals surface area contributed by atoms with Gasteiger partial charge in [0, 0.05) is 44.9 Å². The third kappa shape index (κ3) is 2.68. The SMILES string of the molecule is C=C(C)C(=O)Oc1c2c(c(OC(=O)C(=C)C)c3ccccc13)C1CC2C=C1C. The molecule has 0 fully saturated rings. The van der Waals surface area contributed by atoms with Crippen molar-refractivity contribution in [1.82, 2.24) is 0 Å². The number of rotatable bonds is 4.